The van der Waals surface area contributed by atoms with Crippen LogP contribution in [0, 0.1) is 5.92 Å². The van der Waals surface area contributed by atoms with Gasteiger partial charge in [0.1, 0.15) is 0 Å². The number of halogens is 1. The van der Waals surface area contributed by atoms with Gasteiger partial charge in [-0.3, -0.25) is 0 Å². The second-order valence-electron chi connectivity index (χ2n) is 6.78. The standard InChI is InChI=1S/C17H23ClN2/c18-15-3-1-2-14-13(15)4-7-17(14)10-16(17)20-11-12-5-8-19-9-6-12/h1-3,12,16,19-20H,4-11H2. The summed E-state index contributed by atoms with van der Waals surface area (Å²) in [7, 11) is 0. The monoisotopic (exact) mass is 290 g/mol. The Morgan fingerprint density at radius 1 is 1.30 bits per heavy atom. The van der Waals surface area contributed by atoms with E-state index < -0.39 is 0 Å². The lowest BCUT2D eigenvalue weighted by molar-refractivity contribution is 0.351. The van der Waals surface area contributed by atoms with Gasteiger partial charge in [-0.2, -0.15) is 0 Å². The summed E-state index contributed by atoms with van der Waals surface area (Å²) in [6.07, 6.45) is 6.42. The van der Waals surface area contributed by atoms with Crippen LogP contribution in [0.25, 0.3) is 0 Å². The molecular weight excluding hydrogens is 268 g/mol. The van der Waals surface area contributed by atoms with Gasteiger partial charge in [0, 0.05) is 16.5 Å². The van der Waals surface area contributed by atoms with Crippen LogP contribution in [0.3, 0.4) is 0 Å². The first-order valence-corrected chi connectivity index (χ1v) is 8.39. The third kappa shape index (κ3) is 2.09. The number of benzene rings is 1. The molecule has 20 heavy (non-hydrogen) atoms. The molecule has 2 atom stereocenters. The smallest absolute Gasteiger partial charge is 0.0440 e. The van der Waals surface area contributed by atoms with Crippen LogP contribution >= 0.6 is 11.6 Å². The molecule has 2 nitrogen and oxygen atoms in total. The van der Waals surface area contributed by atoms with Crippen LogP contribution in [-0.2, 0) is 11.8 Å². The molecule has 1 aromatic rings. The van der Waals surface area contributed by atoms with E-state index in [1.807, 2.05) is 6.07 Å². The molecule has 1 saturated heterocycles. The van der Waals surface area contributed by atoms with E-state index in [0.717, 1.165) is 10.9 Å². The summed E-state index contributed by atoms with van der Waals surface area (Å²) in [4.78, 5) is 0. The molecule has 0 bridgehead atoms. The van der Waals surface area contributed by atoms with E-state index in [1.54, 1.807) is 0 Å². The van der Waals surface area contributed by atoms with E-state index in [2.05, 4.69) is 22.8 Å². The van der Waals surface area contributed by atoms with Crippen molar-refractivity contribution in [3.05, 3.63) is 34.3 Å². The maximum atomic E-state index is 6.34. The zero-order chi connectivity index (χ0) is 13.6. The summed E-state index contributed by atoms with van der Waals surface area (Å²) in [5.41, 5.74) is 3.38. The van der Waals surface area contributed by atoms with Crippen LogP contribution in [-0.4, -0.2) is 25.7 Å². The zero-order valence-corrected chi connectivity index (χ0v) is 12.7. The second kappa shape index (κ2) is 5.01. The molecule has 1 aromatic carbocycles. The first-order chi connectivity index (χ1) is 9.79. The molecule has 1 saturated carbocycles. The third-order valence-corrected chi connectivity index (χ3v) is 6.02. The van der Waals surface area contributed by atoms with Crippen molar-refractivity contribution in [3.63, 3.8) is 0 Å². The number of piperidine rings is 1. The molecule has 4 rings (SSSR count). The largest absolute Gasteiger partial charge is 0.317 e. The van der Waals surface area contributed by atoms with Crippen molar-refractivity contribution in [2.24, 2.45) is 5.92 Å². The fourth-order valence-electron chi connectivity index (χ4n) is 4.30. The van der Waals surface area contributed by atoms with Crippen LogP contribution in [0.15, 0.2) is 18.2 Å². The van der Waals surface area contributed by atoms with Crippen LogP contribution < -0.4 is 10.6 Å². The summed E-state index contributed by atoms with van der Waals surface area (Å²) in [6, 6.07) is 7.16. The van der Waals surface area contributed by atoms with E-state index in [9.17, 15) is 0 Å². The Morgan fingerprint density at radius 3 is 3.00 bits per heavy atom. The lowest BCUT2D eigenvalue weighted by Crippen LogP contribution is -2.35. The Kier molecular flexibility index (Phi) is 3.29. The van der Waals surface area contributed by atoms with E-state index in [0.29, 0.717) is 11.5 Å². The van der Waals surface area contributed by atoms with Gasteiger partial charge in [-0.1, -0.05) is 23.7 Å². The molecule has 3 aliphatic rings. The summed E-state index contributed by atoms with van der Waals surface area (Å²) in [5, 5.41) is 8.27. The predicted octanol–water partition coefficient (Wildman–Crippen LogP) is 2.89. The predicted molar refractivity (Wildman–Crippen MR) is 83.5 cm³/mol. The van der Waals surface area contributed by atoms with Crippen LogP contribution in [0.4, 0.5) is 0 Å². The number of hydrogen-bond acceptors (Lipinski definition) is 2. The summed E-state index contributed by atoms with van der Waals surface area (Å²) in [5.74, 6) is 0.870. The van der Waals surface area contributed by atoms with E-state index in [1.165, 1.54) is 62.9 Å². The van der Waals surface area contributed by atoms with Crippen molar-refractivity contribution in [2.75, 3.05) is 19.6 Å². The molecule has 1 spiro atoms. The molecule has 2 aliphatic carbocycles. The molecule has 0 radical (unpaired) electrons. The van der Waals surface area contributed by atoms with Crippen molar-refractivity contribution in [1.82, 2.24) is 10.6 Å². The summed E-state index contributed by atoms with van der Waals surface area (Å²) >= 11 is 6.34. The Bertz CT molecular complexity index is 510. The van der Waals surface area contributed by atoms with Gasteiger partial charge in [0.2, 0.25) is 0 Å². The fourth-order valence-corrected chi connectivity index (χ4v) is 4.57. The average Bonchev–Trinajstić information content (AvgIpc) is 3.05. The molecule has 0 aromatic heterocycles. The normalized spacial score (nSPS) is 32.5. The highest BCUT2D eigenvalue weighted by molar-refractivity contribution is 6.31. The maximum absolute atomic E-state index is 6.34. The molecule has 2 fully saturated rings. The van der Waals surface area contributed by atoms with Crippen LogP contribution in [0.5, 0.6) is 0 Å². The molecule has 2 unspecified atom stereocenters. The fraction of sp³-hybridized carbons (Fsp3) is 0.647. The van der Waals surface area contributed by atoms with E-state index >= 15 is 0 Å². The van der Waals surface area contributed by atoms with Gasteiger partial charge < -0.3 is 10.6 Å². The van der Waals surface area contributed by atoms with Crippen molar-refractivity contribution < 1.29 is 0 Å². The number of fused-ring (bicyclic) bond motifs is 2. The first kappa shape index (κ1) is 13.1. The molecule has 1 heterocycles. The quantitative estimate of drug-likeness (QED) is 0.894. The highest BCUT2D eigenvalue weighted by atomic mass is 35.5. The Labute approximate surface area is 126 Å². The number of rotatable bonds is 3. The zero-order valence-electron chi connectivity index (χ0n) is 11.9. The van der Waals surface area contributed by atoms with Gasteiger partial charge in [0.25, 0.3) is 0 Å². The van der Waals surface area contributed by atoms with E-state index in [-0.39, 0.29) is 0 Å². The third-order valence-electron chi connectivity index (χ3n) is 5.66. The molecule has 3 heteroatoms. The second-order valence-corrected chi connectivity index (χ2v) is 7.19. The van der Waals surface area contributed by atoms with Crippen molar-refractivity contribution >= 4 is 11.6 Å². The summed E-state index contributed by atoms with van der Waals surface area (Å²) < 4.78 is 0. The lowest BCUT2D eigenvalue weighted by atomic mass is 9.96. The van der Waals surface area contributed by atoms with E-state index in [4.69, 9.17) is 11.6 Å². The van der Waals surface area contributed by atoms with Gasteiger partial charge in [0.15, 0.2) is 0 Å². The van der Waals surface area contributed by atoms with Crippen LogP contribution in [0.2, 0.25) is 5.02 Å². The lowest BCUT2D eigenvalue weighted by Gasteiger charge is -2.23. The molecule has 2 N–H and O–H groups in total. The minimum Gasteiger partial charge on any atom is -0.317 e. The van der Waals surface area contributed by atoms with Crippen molar-refractivity contribution in [1.29, 1.82) is 0 Å². The van der Waals surface area contributed by atoms with Gasteiger partial charge in [-0.25, -0.2) is 0 Å². The van der Waals surface area contributed by atoms with Gasteiger partial charge >= 0.3 is 0 Å². The molecule has 108 valence electrons. The van der Waals surface area contributed by atoms with Crippen molar-refractivity contribution in [2.45, 2.75) is 43.6 Å². The number of hydrogen-bond donors (Lipinski definition) is 2. The minimum absolute atomic E-state index is 0.424. The van der Waals surface area contributed by atoms with Gasteiger partial charge in [0.05, 0.1) is 0 Å². The highest BCUT2D eigenvalue weighted by Gasteiger charge is 2.58. The average molecular weight is 291 g/mol. The number of nitrogens with one attached hydrogen (secondary N) is 2. The molecular formula is C17H23ClN2. The van der Waals surface area contributed by atoms with Gasteiger partial charge in [-0.15, -0.1) is 0 Å². The molecule has 0 amide bonds. The Balaban J connectivity index is 1.42. The first-order valence-electron chi connectivity index (χ1n) is 8.01. The van der Waals surface area contributed by atoms with Crippen molar-refractivity contribution in [3.8, 4) is 0 Å². The molecule has 1 aliphatic heterocycles. The SMILES string of the molecule is Clc1cccc2c1CCC21CC1NCC1CCNCC1. The van der Waals surface area contributed by atoms with Gasteiger partial charge in [-0.05, 0) is 74.8 Å². The summed E-state index contributed by atoms with van der Waals surface area (Å²) in [6.45, 7) is 3.59. The maximum Gasteiger partial charge on any atom is 0.0440 e. The van der Waals surface area contributed by atoms with Crippen LogP contribution in [0.1, 0.15) is 36.8 Å². The minimum atomic E-state index is 0.424. The Morgan fingerprint density at radius 2 is 2.15 bits per heavy atom. The topological polar surface area (TPSA) is 24.1 Å². The Hall–Kier alpha value is -0.570. The highest BCUT2D eigenvalue weighted by Crippen LogP contribution is 2.57.